The van der Waals surface area contributed by atoms with Gasteiger partial charge in [0.2, 0.25) is 0 Å². The molecule has 0 fully saturated rings. The van der Waals surface area contributed by atoms with Gasteiger partial charge in [-0.05, 0) is 6.42 Å². The minimum absolute atomic E-state index is 0. The number of allylic oxidation sites excluding steroid dienone is 4. The summed E-state index contributed by atoms with van der Waals surface area (Å²) >= 11 is 0. The molecule has 2 nitrogen and oxygen atoms in total. The number of hydrogen-bond acceptors (Lipinski definition) is 2. The molecule has 0 atom stereocenters. The molecular weight excluding hydrogens is 211 g/mol. The van der Waals surface area contributed by atoms with Crippen molar-refractivity contribution in [2.75, 3.05) is 0 Å². The largest absolute Gasteiger partial charge is 3.00 e. The molecule has 0 unspecified atom stereocenters. The Labute approximate surface area is 90.3 Å². The number of carbonyl (C=O) groups excluding carboxylic acids is 2. The minimum atomic E-state index is 0. The maximum Gasteiger partial charge on any atom is 3.00 e. The van der Waals surface area contributed by atoms with E-state index in [9.17, 15) is 0 Å². The van der Waals surface area contributed by atoms with Crippen molar-refractivity contribution >= 4 is 13.6 Å². The van der Waals surface area contributed by atoms with E-state index < -0.39 is 0 Å². The van der Waals surface area contributed by atoms with E-state index in [2.05, 4.69) is 37.9 Å². The molecule has 0 spiro atoms. The average Bonchev–Trinajstić information content (AvgIpc) is 2.10. The van der Waals surface area contributed by atoms with E-state index in [-0.39, 0.29) is 16.8 Å². The van der Waals surface area contributed by atoms with Crippen molar-refractivity contribution in [1.29, 1.82) is 0 Å². The predicted octanol–water partition coefficient (Wildman–Crippen LogP) is 1.93. The van der Waals surface area contributed by atoms with E-state index in [4.69, 9.17) is 9.59 Å². The molecule has 1 rings (SSSR count). The molecule has 0 bridgehead atoms. The molecule has 0 aromatic rings. The fourth-order valence-corrected chi connectivity index (χ4v) is 0.786. The summed E-state index contributed by atoms with van der Waals surface area (Å²) in [7, 11) is 0. The maximum atomic E-state index is 7.75. The van der Waals surface area contributed by atoms with Gasteiger partial charge in [-0.3, -0.25) is 19.7 Å². The summed E-state index contributed by atoms with van der Waals surface area (Å²) in [6.45, 7) is 6.50. The van der Waals surface area contributed by atoms with Crippen molar-refractivity contribution in [3.63, 3.8) is 0 Å². The Balaban J connectivity index is -0.000000178. The predicted molar refractivity (Wildman–Crippen MR) is 48.9 cm³/mol. The topological polar surface area (TPSA) is 34.1 Å². The van der Waals surface area contributed by atoms with E-state index in [0.29, 0.717) is 0 Å². The molecule has 3 heteroatoms. The SMILES string of the molecule is [C-]1=CCCC=CCC1.[CH-]=O.[CH-]=O.[Co+3]. The molecular formula is C10H13CoO2. The van der Waals surface area contributed by atoms with Crippen LogP contribution in [0.3, 0.4) is 0 Å². The van der Waals surface area contributed by atoms with Crippen molar-refractivity contribution in [1.82, 2.24) is 0 Å². The van der Waals surface area contributed by atoms with Crippen LogP contribution in [-0.4, -0.2) is 13.6 Å². The number of hydrogen-bond donors (Lipinski definition) is 0. The quantitative estimate of drug-likeness (QED) is 0.358. The average molecular weight is 224 g/mol. The van der Waals surface area contributed by atoms with Gasteiger partial charge in [0.25, 0.3) is 0 Å². The summed E-state index contributed by atoms with van der Waals surface area (Å²) in [5.41, 5.74) is 0. The summed E-state index contributed by atoms with van der Waals surface area (Å²) in [4.78, 5) is 15.5. The van der Waals surface area contributed by atoms with Gasteiger partial charge >= 0.3 is 16.8 Å². The maximum absolute atomic E-state index is 7.75. The second kappa shape index (κ2) is 22.5. The molecule has 74 valence electrons. The van der Waals surface area contributed by atoms with Gasteiger partial charge in [-0.15, -0.1) is 0 Å². The second-order valence-electron chi connectivity index (χ2n) is 2.00. The van der Waals surface area contributed by atoms with Gasteiger partial charge in [0.05, 0.1) is 0 Å². The third kappa shape index (κ3) is 18.4. The van der Waals surface area contributed by atoms with Crippen LogP contribution in [0, 0.1) is 6.08 Å². The van der Waals surface area contributed by atoms with Gasteiger partial charge in [-0.2, -0.15) is 6.42 Å². The van der Waals surface area contributed by atoms with Crippen molar-refractivity contribution < 1.29 is 26.4 Å². The fourth-order valence-electron chi connectivity index (χ4n) is 0.786. The minimum Gasteiger partial charge on any atom is -0.545 e. The summed E-state index contributed by atoms with van der Waals surface area (Å²) in [5.74, 6) is 0. The van der Waals surface area contributed by atoms with E-state index in [1.165, 1.54) is 19.3 Å². The summed E-state index contributed by atoms with van der Waals surface area (Å²) in [5, 5.41) is 0. The summed E-state index contributed by atoms with van der Waals surface area (Å²) in [6.07, 6.45) is 14.5. The van der Waals surface area contributed by atoms with E-state index in [1.54, 1.807) is 0 Å². The van der Waals surface area contributed by atoms with Crippen molar-refractivity contribution in [2.24, 2.45) is 0 Å². The molecule has 1 aliphatic rings. The molecule has 0 aliphatic heterocycles. The Hall–Kier alpha value is -0.674. The van der Waals surface area contributed by atoms with E-state index in [0.717, 1.165) is 6.42 Å². The third-order valence-corrected chi connectivity index (χ3v) is 1.24. The van der Waals surface area contributed by atoms with Crippen LogP contribution in [-0.2, 0) is 26.4 Å². The Morgan fingerprint density at radius 3 is 2.08 bits per heavy atom. The molecule has 0 saturated carbocycles. The normalized spacial score (nSPS) is 12.9. The van der Waals surface area contributed by atoms with Crippen molar-refractivity contribution in [2.45, 2.75) is 25.7 Å². The first-order valence-electron chi connectivity index (χ1n) is 3.67. The van der Waals surface area contributed by atoms with Crippen LogP contribution in [0.1, 0.15) is 25.7 Å². The molecule has 0 aromatic carbocycles. The summed E-state index contributed by atoms with van der Waals surface area (Å²) in [6, 6.07) is 0. The van der Waals surface area contributed by atoms with Gasteiger partial charge in [0.1, 0.15) is 0 Å². The fraction of sp³-hybridized carbons (Fsp3) is 0.400. The third-order valence-electron chi connectivity index (χ3n) is 1.24. The zero-order valence-corrected chi connectivity index (χ0v) is 8.41. The van der Waals surface area contributed by atoms with Crippen molar-refractivity contribution in [3.8, 4) is 0 Å². The number of rotatable bonds is 0. The van der Waals surface area contributed by atoms with Gasteiger partial charge in [0.15, 0.2) is 0 Å². The monoisotopic (exact) mass is 224 g/mol. The first kappa shape index (κ1) is 18.2. The summed E-state index contributed by atoms with van der Waals surface area (Å²) < 4.78 is 0. The zero-order valence-electron chi connectivity index (χ0n) is 7.37. The van der Waals surface area contributed by atoms with Crippen LogP contribution >= 0.6 is 0 Å². The molecule has 0 N–H and O–H groups in total. The Bertz CT molecular complexity index is 105. The van der Waals surface area contributed by atoms with Gasteiger partial charge in [-0.25, -0.2) is 0 Å². The van der Waals surface area contributed by atoms with Crippen LogP contribution in [0.4, 0.5) is 0 Å². The molecule has 13 heavy (non-hydrogen) atoms. The van der Waals surface area contributed by atoms with E-state index >= 15 is 0 Å². The molecule has 0 amide bonds. The molecule has 1 aliphatic carbocycles. The van der Waals surface area contributed by atoms with Gasteiger partial charge < -0.3 is 15.7 Å². The smallest absolute Gasteiger partial charge is 0.545 e. The van der Waals surface area contributed by atoms with Crippen LogP contribution in [0.5, 0.6) is 0 Å². The Kier molecular flexibility index (Phi) is 31.5. The van der Waals surface area contributed by atoms with Gasteiger partial charge in [0, 0.05) is 0 Å². The molecule has 0 radical (unpaired) electrons. The second-order valence-corrected chi connectivity index (χ2v) is 2.00. The van der Waals surface area contributed by atoms with Crippen LogP contribution < -0.4 is 0 Å². The van der Waals surface area contributed by atoms with Gasteiger partial charge in [-0.1, -0.05) is 25.0 Å². The molecule has 0 aromatic heterocycles. The Morgan fingerprint density at radius 2 is 1.46 bits per heavy atom. The first-order valence-corrected chi connectivity index (χ1v) is 3.67. The van der Waals surface area contributed by atoms with Crippen LogP contribution in [0.15, 0.2) is 18.2 Å². The molecule has 0 heterocycles. The van der Waals surface area contributed by atoms with Crippen molar-refractivity contribution in [3.05, 3.63) is 24.3 Å². The standard InChI is InChI=1S/C8H11.2CHO.Co/c1-2-4-6-8-7-5-3-1;2*1-2;/h1-2,7H,3-6H2;2*1H;/q3*-1;+3. The Morgan fingerprint density at radius 1 is 0.923 bits per heavy atom. The van der Waals surface area contributed by atoms with Crippen LogP contribution in [0.25, 0.3) is 0 Å². The van der Waals surface area contributed by atoms with E-state index in [1.807, 2.05) is 0 Å². The van der Waals surface area contributed by atoms with Crippen LogP contribution in [0.2, 0.25) is 0 Å². The molecule has 0 saturated heterocycles. The zero-order chi connectivity index (χ0) is 9.66. The first-order chi connectivity index (χ1) is 6.00.